The molecule has 5 aromatic rings. The van der Waals surface area contributed by atoms with Crippen LogP contribution >= 0.6 is 0 Å². The topological polar surface area (TPSA) is 54.2 Å². The Morgan fingerprint density at radius 1 is 0.500 bits per heavy atom. The normalized spacial score (nSPS) is 12.3. The van der Waals surface area contributed by atoms with E-state index in [1.807, 2.05) is 0 Å². The number of nitrogens with zero attached hydrogens (tertiary/aromatic N) is 2. The van der Waals surface area contributed by atoms with Gasteiger partial charge in [0.05, 0.1) is 10.7 Å². The first kappa shape index (κ1) is 28.4. The van der Waals surface area contributed by atoms with Gasteiger partial charge in [-0.25, -0.2) is 0 Å². The molecule has 2 N–H and O–H groups in total. The molecule has 210 valence electrons. The van der Waals surface area contributed by atoms with Gasteiger partial charge < -0.3 is 9.80 Å². The van der Waals surface area contributed by atoms with Crippen LogP contribution in [-0.2, 0) is 12.8 Å². The van der Waals surface area contributed by atoms with E-state index in [9.17, 15) is 10.8 Å². The fourth-order valence-corrected chi connectivity index (χ4v) is 6.68. The van der Waals surface area contributed by atoms with E-state index >= 15 is 0 Å². The molecule has 0 aromatic heterocycles. The molecule has 40 heavy (non-hydrogen) atoms. The fraction of sp³-hybridized carbons (Fsp3) is 0.444. The fourth-order valence-electron chi connectivity index (χ4n) is 6.68. The van der Waals surface area contributed by atoms with Gasteiger partial charge in [-0.05, 0) is 123 Å². The number of fused-ring (bicyclic) bond motifs is 2. The average Bonchev–Trinajstić information content (AvgIpc) is 2.93. The van der Waals surface area contributed by atoms with Crippen LogP contribution in [0.25, 0.3) is 43.1 Å². The average molecular weight is 535 g/mol. The Labute approximate surface area is 239 Å². The van der Waals surface area contributed by atoms with Crippen molar-refractivity contribution in [2.24, 2.45) is 0 Å². The van der Waals surface area contributed by atoms with Gasteiger partial charge in [-0.2, -0.15) is 0 Å². The summed E-state index contributed by atoms with van der Waals surface area (Å²) in [5.41, 5.74) is 2.47. The third kappa shape index (κ3) is 5.70. The van der Waals surface area contributed by atoms with Gasteiger partial charge in [0.2, 0.25) is 0 Å². The SMILES string of the molecule is CN(C)CCCCCCc1ccc2c3cccc4cccc(c5c(=N)c(=N)c(CCCCCCN(C)C)c1c25)c43. The van der Waals surface area contributed by atoms with Crippen molar-refractivity contribution in [3.63, 3.8) is 0 Å². The lowest BCUT2D eigenvalue weighted by atomic mass is 9.84. The van der Waals surface area contributed by atoms with Crippen molar-refractivity contribution in [2.45, 2.75) is 64.2 Å². The highest BCUT2D eigenvalue weighted by Crippen LogP contribution is 2.40. The Morgan fingerprint density at radius 3 is 1.73 bits per heavy atom. The number of benzene rings is 5. The first-order valence-corrected chi connectivity index (χ1v) is 15.3. The van der Waals surface area contributed by atoms with Gasteiger partial charge in [0, 0.05) is 10.8 Å². The molecule has 0 radical (unpaired) electrons. The molecule has 0 unspecified atom stereocenters. The van der Waals surface area contributed by atoms with Gasteiger partial charge in [0.25, 0.3) is 0 Å². The van der Waals surface area contributed by atoms with Crippen molar-refractivity contribution < 1.29 is 0 Å². The second-order valence-electron chi connectivity index (χ2n) is 12.3. The number of hydrogen-bond acceptors (Lipinski definition) is 4. The standard InChI is InChI=1S/C36H46N4/c1-39(2)23-11-7-5-9-15-26-21-22-28-27-19-13-16-25-17-14-20-29(31(25)27)34-33(28)32(26)30(35(37)36(34)38)18-10-6-8-12-24-40(3)4/h13-14,16-17,19-22,37-38H,5-12,15,18,23-24H2,1-4H3. The minimum Gasteiger partial charge on any atom is -0.309 e. The molecule has 4 heteroatoms. The van der Waals surface area contributed by atoms with Gasteiger partial charge >= 0.3 is 0 Å². The zero-order chi connectivity index (χ0) is 28.2. The molecule has 5 rings (SSSR count). The van der Waals surface area contributed by atoms with Crippen molar-refractivity contribution in [3.8, 4) is 0 Å². The maximum absolute atomic E-state index is 9.27. The van der Waals surface area contributed by atoms with Crippen LogP contribution < -0.4 is 10.7 Å². The van der Waals surface area contributed by atoms with Gasteiger partial charge in [-0.1, -0.05) is 74.2 Å². The van der Waals surface area contributed by atoms with Crippen LogP contribution in [0.4, 0.5) is 0 Å². The lowest BCUT2D eigenvalue weighted by molar-refractivity contribution is 0.390. The molecule has 0 heterocycles. The lowest BCUT2D eigenvalue weighted by Crippen LogP contribution is -2.29. The molecule has 4 nitrogen and oxygen atoms in total. The predicted molar refractivity (Wildman–Crippen MR) is 172 cm³/mol. The number of unbranched alkanes of at least 4 members (excludes halogenated alkanes) is 6. The monoisotopic (exact) mass is 534 g/mol. The molecule has 0 aliphatic carbocycles. The molecule has 0 bridgehead atoms. The molecular formula is C36H46N4. The highest BCUT2D eigenvalue weighted by molar-refractivity contribution is 6.33. The third-order valence-corrected chi connectivity index (χ3v) is 8.69. The molecule has 0 aliphatic rings. The van der Waals surface area contributed by atoms with Crippen LogP contribution in [0.5, 0.6) is 0 Å². The summed E-state index contributed by atoms with van der Waals surface area (Å²) in [4.78, 5) is 4.53. The minimum absolute atomic E-state index is 0.402. The summed E-state index contributed by atoms with van der Waals surface area (Å²) in [6, 6.07) is 17.7. The second kappa shape index (κ2) is 12.6. The van der Waals surface area contributed by atoms with E-state index in [1.165, 1.54) is 82.8 Å². The van der Waals surface area contributed by atoms with Crippen molar-refractivity contribution in [3.05, 3.63) is 70.4 Å². The largest absolute Gasteiger partial charge is 0.309 e. The van der Waals surface area contributed by atoms with Gasteiger partial charge in [-0.3, -0.25) is 10.8 Å². The summed E-state index contributed by atoms with van der Waals surface area (Å²) in [5.74, 6) is 0. The van der Waals surface area contributed by atoms with Crippen LogP contribution in [0.3, 0.4) is 0 Å². The molecule has 0 saturated carbocycles. The minimum atomic E-state index is 0.402. The van der Waals surface area contributed by atoms with Crippen LogP contribution in [0, 0.1) is 10.8 Å². The van der Waals surface area contributed by atoms with E-state index in [4.69, 9.17) is 0 Å². The summed E-state index contributed by atoms with van der Waals surface area (Å²) in [5, 5.41) is 28.9. The van der Waals surface area contributed by atoms with Crippen molar-refractivity contribution in [2.75, 3.05) is 41.3 Å². The second-order valence-corrected chi connectivity index (χ2v) is 12.3. The summed E-state index contributed by atoms with van der Waals surface area (Å²) in [6.45, 7) is 2.28. The van der Waals surface area contributed by atoms with E-state index in [-0.39, 0.29) is 0 Å². The highest BCUT2D eigenvalue weighted by Gasteiger charge is 2.20. The molecular weight excluding hydrogens is 488 g/mol. The molecule has 5 aromatic carbocycles. The Hall–Kier alpha value is -3.08. The molecule has 0 saturated heterocycles. The van der Waals surface area contributed by atoms with Crippen molar-refractivity contribution in [1.29, 1.82) is 10.8 Å². The zero-order valence-corrected chi connectivity index (χ0v) is 25.0. The molecule has 0 amide bonds. The van der Waals surface area contributed by atoms with Gasteiger partial charge in [0.15, 0.2) is 0 Å². The molecule has 0 fully saturated rings. The quantitative estimate of drug-likeness (QED) is 0.0882. The molecule has 0 aliphatic heterocycles. The molecule has 0 spiro atoms. The number of nitrogens with one attached hydrogen (secondary N) is 2. The summed E-state index contributed by atoms with van der Waals surface area (Å²) in [6.07, 6.45) is 11.5. The lowest BCUT2D eigenvalue weighted by Gasteiger charge is -2.19. The Kier molecular flexibility index (Phi) is 8.97. The molecule has 0 atom stereocenters. The van der Waals surface area contributed by atoms with E-state index < -0.39 is 0 Å². The Morgan fingerprint density at radius 2 is 1.07 bits per heavy atom. The van der Waals surface area contributed by atoms with Gasteiger partial charge in [-0.15, -0.1) is 0 Å². The van der Waals surface area contributed by atoms with Crippen molar-refractivity contribution in [1.82, 2.24) is 9.80 Å². The number of hydrogen-bond donors (Lipinski definition) is 2. The van der Waals surface area contributed by atoms with Crippen molar-refractivity contribution >= 4 is 43.1 Å². The summed E-state index contributed by atoms with van der Waals surface area (Å²) in [7, 11) is 8.58. The maximum Gasteiger partial charge on any atom is 0.0877 e. The Bertz CT molecular complexity index is 1700. The number of rotatable bonds is 14. The van der Waals surface area contributed by atoms with E-state index in [1.54, 1.807) is 0 Å². The first-order chi connectivity index (χ1) is 19.4. The first-order valence-electron chi connectivity index (χ1n) is 15.3. The van der Waals surface area contributed by atoms with E-state index in [2.05, 4.69) is 86.5 Å². The maximum atomic E-state index is 9.27. The third-order valence-electron chi connectivity index (χ3n) is 8.69. The van der Waals surface area contributed by atoms with Crippen LogP contribution in [-0.4, -0.2) is 51.1 Å². The van der Waals surface area contributed by atoms with Crippen LogP contribution in [0.1, 0.15) is 62.5 Å². The van der Waals surface area contributed by atoms with Crippen LogP contribution in [0.15, 0.2) is 48.5 Å². The van der Waals surface area contributed by atoms with E-state index in [0.29, 0.717) is 10.7 Å². The zero-order valence-electron chi connectivity index (χ0n) is 25.0. The smallest absolute Gasteiger partial charge is 0.0877 e. The summed E-state index contributed by atoms with van der Waals surface area (Å²) >= 11 is 0. The Balaban J connectivity index is 1.60. The summed E-state index contributed by atoms with van der Waals surface area (Å²) < 4.78 is 0. The predicted octanol–water partition coefficient (Wildman–Crippen LogP) is 7.46. The highest BCUT2D eigenvalue weighted by atomic mass is 15.0. The van der Waals surface area contributed by atoms with E-state index in [0.717, 1.165) is 48.7 Å². The van der Waals surface area contributed by atoms with Gasteiger partial charge in [0.1, 0.15) is 0 Å². The number of aryl methyl sites for hydroxylation is 2. The van der Waals surface area contributed by atoms with Crippen LogP contribution in [0.2, 0.25) is 0 Å².